The van der Waals surface area contributed by atoms with Gasteiger partial charge in [0.1, 0.15) is 11.3 Å². The average Bonchev–Trinajstić information content (AvgIpc) is 3.62. The summed E-state index contributed by atoms with van der Waals surface area (Å²) in [6.07, 6.45) is 4.83. The van der Waals surface area contributed by atoms with Gasteiger partial charge in [-0.2, -0.15) is 0 Å². The fourth-order valence-corrected chi connectivity index (χ4v) is 5.06. The summed E-state index contributed by atoms with van der Waals surface area (Å²) in [4.78, 5) is 39.3. The summed E-state index contributed by atoms with van der Waals surface area (Å²) in [7, 11) is 1.30. The van der Waals surface area contributed by atoms with Crippen molar-refractivity contribution in [3.05, 3.63) is 99.8 Å². The third kappa shape index (κ3) is 6.80. The van der Waals surface area contributed by atoms with E-state index in [1.165, 1.54) is 36.8 Å². The highest BCUT2D eigenvalue weighted by molar-refractivity contribution is 7.16. The second kappa shape index (κ2) is 12.9. The summed E-state index contributed by atoms with van der Waals surface area (Å²) in [6, 6.07) is 17.3. The Labute approximate surface area is 225 Å². The maximum atomic E-state index is 13.5. The first kappa shape index (κ1) is 26.9. The van der Waals surface area contributed by atoms with Gasteiger partial charge in [-0.3, -0.25) is 9.59 Å². The van der Waals surface area contributed by atoms with Crippen LogP contribution in [0, 0.1) is 0 Å². The standard InChI is InChI=1S/C29H30N2O6S/c1-3-4-10-22-16-23(28(38-22)31-26(32)20-11-13-21(14-12-20)29(34)35-2)27(33)30-24(25-17-36-18-37-25)15-19-8-6-5-7-9-19/h5-9,11-14,16-17,24H,3-4,10,15,18H2,1-2H3,(H,30,33)(H,31,32). The highest BCUT2D eigenvalue weighted by Crippen LogP contribution is 2.30. The van der Waals surface area contributed by atoms with Crippen molar-refractivity contribution < 1.29 is 28.6 Å². The number of nitrogens with one attached hydrogen (secondary N) is 2. The summed E-state index contributed by atoms with van der Waals surface area (Å²) in [5, 5.41) is 6.42. The molecule has 0 saturated heterocycles. The van der Waals surface area contributed by atoms with E-state index in [-0.39, 0.29) is 18.6 Å². The average molecular weight is 535 g/mol. The maximum absolute atomic E-state index is 13.5. The molecule has 0 aliphatic carbocycles. The van der Waals surface area contributed by atoms with E-state index in [1.54, 1.807) is 12.1 Å². The molecule has 2 amide bonds. The lowest BCUT2D eigenvalue weighted by molar-refractivity contribution is 0.0600. The fourth-order valence-electron chi connectivity index (χ4n) is 3.97. The highest BCUT2D eigenvalue weighted by atomic mass is 32.1. The zero-order valence-corrected chi connectivity index (χ0v) is 22.1. The Morgan fingerprint density at radius 3 is 2.42 bits per heavy atom. The lowest BCUT2D eigenvalue weighted by Gasteiger charge is -2.19. The summed E-state index contributed by atoms with van der Waals surface area (Å²) in [5.74, 6) is -0.639. The molecule has 1 atom stereocenters. The molecular weight excluding hydrogens is 504 g/mol. The fraction of sp³-hybridized carbons (Fsp3) is 0.276. The Morgan fingerprint density at radius 1 is 1.03 bits per heavy atom. The number of esters is 1. The number of benzene rings is 2. The first-order chi connectivity index (χ1) is 18.5. The molecule has 1 aliphatic heterocycles. The summed E-state index contributed by atoms with van der Waals surface area (Å²) < 4.78 is 15.6. The lowest BCUT2D eigenvalue weighted by Crippen LogP contribution is -2.38. The van der Waals surface area contributed by atoms with E-state index in [9.17, 15) is 14.4 Å². The van der Waals surface area contributed by atoms with Crippen molar-refractivity contribution in [2.24, 2.45) is 0 Å². The van der Waals surface area contributed by atoms with Crippen LogP contribution in [0.5, 0.6) is 0 Å². The van der Waals surface area contributed by atoms with Gasteiger partial charge in [0.2, 0.25) is 6.79 Å². The molecule has 1 aromatic heterocycles. The predicted molar refractivity (Wildman–Crippen MR) is 145 cm³/mol. The van der Waals surface area contributed by atoms with E-state index >= 15 is 0 Å². The van der Waals surface area contributed by atoms with Gasteiger partial charge in [0.25, 0.3) is 11.8 Å². The molecule has 0 saturated carbocycles. The predicted octanol–water partition coefficient (Wildman–Crippen LogP) is 5.32. The second-order valence-corrected chi connectivity index (χ2v) is 9.88. The van der Waals surface area contributed by atoms with Crippen molar-refractivity contribution in [1.82, 2.24) is 5.32 Å². The van der Waals surface area contributed by atoms with Crippen LogP contribution in [0.3, 0.4) is 0 Å². The van der Waals surface area contributed by atoms with Crippen molar-refractivity contribution in [2.45, 2.75) is 38.6 Å². The van der Waals surface area contributed by atoms with Crippen molar-refractivity contribution in [3.63, 3.8) is 0 Å². The molecule has 4 rings (SSSR count). The number of thiophene rings is 1. The number of carbonyl (C=O) groups excluding carboxylic acids is 3. The molecule has 0 spiro atoms. The van der Waals surface area contributed by atoms with E-state index < -0.39 is 12.0 Å². The van der Waals surface area contributed by atoms with Gasteiger partial charge >= 0.3 is 5.97 Å². The van der Waals surface area contributed by atoms with Gasteiger partial charge in [-0.05, 0) is 48.7 Å². The van der Waals surface area contributed by atoms with Crippen LogP contribution >= 0.6 is 11.3 Å². The van der Waals surface area contributed by atoms with Crippen LogP contribution in [-0.4, -0.2) is 37.7 Å². The summed E-state index contributed by atoms with van der Waals surface area (Å²) >= 11 is 1.39. The molecule has 9 heteroatoms. The highest BCUT2D eigenvalue weighted by Gasteiger charge is 2.26. The van der Waals surface area contributed by atoms with E-state index in [1.807, 2.05) is 36.4 Å². The molecule has 38 heavy (non-hydrogen) atoms. The monoisotopic (exact) mass is 534 g/mol. The summed E-state index contributed by atoms with van der Waals surface area (Å²) in [5.41, 5.74) is 2.13. The number of rotatable bonds is 11. The lowest BCUT2D eigenvalue weighted by atomic mass is 10.0. The Morgan fingerprint density at radius 2 is 1.76 bits per heavy atom. The van der Waals surface area contributed by atoms with Crippen molar-refractivity contribution >= 4 is 34.1 Å². The Hall–Kier alpha value is -4.11. The molecule has 2 heterocycles. The number of hydrogen-bond donors (Lipinski definition) is 2. The first-order valence-corrected chi connectivity index (χ1v) is 13.2. The molecular formula is C29H30N2O6S. The number of ether oxygens (including phenoxy) is 3. The first-order valence-electron chi connectivity index (χ1n) is 12.4. The molecule has 1 aliphatic rings. The number of aryl methyl sites for hydroxylation is 1. The van der Waals surface area contributed by atoms with Gasteiger partial charge in [-0.25, -0.2) is 4.79 Å². The molecule has 2 aromatic carbocycles. The zero-order chi connectivity index (χ0) is 26.9. The van der Waals surface area contributed by atoms with Gasteiger partial charge in [-0.15, -0.1) is 11.3 Å². The molecule has 8 nitrogen and oxygen atoms in total. The number of hydrogen-bond acceptors (Lipinski definition) is 7. The van der Waals surface area contributed by atoms with Crippen LogP contribution in [0.4, 0.5) is 5.00 Å². The van der Waals surface area contributed by atoms with Gasteiger partial charge in [0, 0.05) is 16.9 Å². The van der Waals surface area contributed by atoms with E-state index in [2.05, 4.69) is 17.6 Å². The minimum atomic E-state index is -0.480. The Bertz CT molecular complexity index is 1300. The van der Waals surface area contributed by atoms with Crippen molar-refractivity contribution in [3.8, 4) is 0 Å². The van der Waals surface area contributed by atoms with Crippen LogP contribution in [0.2, 0.25) is 0 Å². The van der Waals surface area contributed by atoms with Crippen molar-refractivity contribution in [1.29, 1.82) is 0 Å². The van der Waals surface area contributed by atoms with Crippen molar-refractivity contribution in [2.75, 3.05) is 19.2 Å². The third-order valence-corrected chi connectivity index (χ3v) is 7.13. The molecule has 2 N–H and O–H groups in total. The zero-order valence-electron chi connectivity index (χ0n) is 21.3. The number of amides is 2. The number of unbranched alkanes of at least 4 members (excludes halogenated alkanes) is 1. The van der Waals surface area contributed by atoms with E-state index in [4.69, 9.17) is 14.2 Å². The molecule has 0 radical (unpaired) electrons. The van der Waals surface area contributed by atoms with Crippen LogP contribution < -0.4 is 10.6 Å². The van der Waals surface area contributed by atoms with Crippen LogP contribution in [0.1, 0.15) is 61.3 Å². The van der Waals surface area contributed by atoms with Gasteiger partial charge in [0.05, 0.1) is 24.3 Å². The van der Waals surface area contributed by atoms with Gasteiger partial charge in [-0.1, -0.05) is 43.7 Å². The Kier molecular flexibility index (Phi) is 9.16. The molecule has 0 bridgehead atoms. The second-order valence-electron chi connectivity index (χ2n) is 8.75. The number of anilines is 1. The van der Waals surface area contributed by atoms with Crippen LogP contribution in [-0.2, 0) is 27.1 Å². The third-order valence-electron chi connectivity index (χ3n) is 6.02. The van der Waals surface area contributed by atoms with Gasteiger partial charge in [0.15, 0.2) is 5.76 Å². The van der Waals surface area contributed by atoms with Gasteiger partial charge < -0.3 is 24.8 Å². The quantitative estimate of drug-likeness (QED) is 0.323. The molecule has 3 aromatic rings. The minimum Gasteiger partial charge on any atom is -0.465 e. The van der Waals surface area contributed by atoms with E-state index in [0.717, 1.165) is 29.7 Å². The van der Waals surface area contributed by atoms with Crippen LogP contribution in [0.25, 0.3) is 0 Å². The number of methoxy groups -OCH3 is 1. The molecule has 198 valence electrons. The minimum absolute atomic E-state index is 0.103. The topological polar surface area (TPSA) is 103 Å². The SMILES string of the molecule is CCCCc1cc(C(=O)NC(Cc2ccccc2)C2=COCO2)c(NC(=O)c2ccc(C(=O)OC)cc2)s1. The molecule has 0 fully saturated rings. The normalized spacial score (nSPS) is 13.1. The smallest absolute Gasteiger partial charge is 0.337 e. The maximum Gasteiger partial charge on any atom is 0.337 e. The largest absolute Gasteiger partial charge is 0.465 e. The van der Waals surface area contributed by atoms with E-state index in [0.29, 0.717) is 33.9 Å². The Balaban J connectivity index is 1.55. The number of carbonyl (C=O) groups is 3. The summed E-state index contributed by atoms with van der Waals surface area (Å²) in [6.45, 7) is 2.21. The molecule has 1 unspecified atom stereocenters. The van der Waals surface area contributed by atoms with Crippen LogP contribution in [0.15, 0.2) is 72.7 Å².